The number of rotatable bonds is 3. The number of aliphatic carboxylic acids is 1. The van der Waals surface area contributed by atoms with Crippen LogP contribution in [0.1, 0.15) is 0 Å². The lowest BCUT2D eigenvalue weighted by atomic mass is 10.4. The zero-order chi connectivity index (χ0) is 8.85. The van der Waals surface area contributed by atoms with Crippen molar-refractivity contribution in [1.82, 2.24) is 5.48 Å². The summed E-state index contributed by atoms with van der Waals surface area (Å²) in [6.45, 7) is 0. The van der Waals surface area contributed by atoms with Crippen molar-refractivity contribution in [2.24, 2.45) is 0 Å². The lowest BCUT2D eigenvalue weighted by molar-refractivity contribution is -0.136. The average Bonchev–Trinajstić information content (AvgIpc) is 1.87. The molecule has 0 spiro atoms. The van der Waals surface area contributed by atoms with Crippen LogP contribution in [-0.2, 0) is 14.4 Å². The first-order valence-electron chi connectivity index (χ1n) is 2.55. The van der Waals surface area contributed by atoms with E-state index in [1.165, 1.54) is 7.11 Å². The highest BCUT2D eigenvalue weighted by molar-refractivity contribution is 5.95. The molecule has 0 rings (SSSR count). The zero-order valence-electron chi connectivity index (χ0n) is 5.70. The molecule has 0 radical (unpaired) electrons. The van der Waals surface area contributed by atoms with Crippen molar-refractivity contribution in [3.05, 3.63) is 11.8 Å². The molecule has 0 aliphatic rings. The lowest BCUT2D eigenvalue weighted by Gasteiger charge is -1.95. The maximum absolute atomic E-state index is 10.4. The Bertz CT molecular complexity index is 197. The Hall–Kier alpha value is -1.56. The van der Waals surface area contributed by atoms with Crippen molar-refractivity contribution in [3.63, 3.8) is 0 Å². The van der Waals surface area contributed by atoms with E-state index in [4.69, 9.17) is 10.2 Å². The van der Waals surface area contributed by atoms with E-state index < -0.39 is 17.6 Å². The molecule has 1 amide bonds. The fraction of sp³-hybridized carbons (Fsp3) is 0.200. The molecule has 0 bridgehead atoms. The van der Waals surface area contributed by atoms with Gasteiger partial charge in [-0.3, -0.25) is 9.63 Å². The molecule has 0 heterocycles. The fourth-order valence-electron chi connectivity index (χ4n) is 0.316. The Morgan fingerprint density at radius 3 is 2.36 bits per heavy atom. The fourth-order valence-corrected chi connectivity index (χ4v) is 0.316. The Balaban J connectivity index is 4.08. The Labute approximate surface area is 62.0 Å². The molecule has 6 heteroatoms. The summed E-state index contributed by atoms with van der Waals surface area (Å²) in [6.07, 6.45) is 0.492. The van der Waals surface area contributed by atoms with Gasteiger partial charge in [-0.15, -0.1) is 0 Å². The van der Waals surface area contributed by atoms with Gasteiger partial charge in [0, 0.05) is 0 Å². The number of aliphatic hydroxyl groups is 1. The first-order chi connectivity index (χ1) is 5.07. The van der Waals surface area contributed by atoms with E-state index in [0.29, 0.717) is 6.08 Å². The van der Waals surface area contributed by atoms with Crippen LogP contribution in [0.2, 0.25) is 0 Å². The molecular weight excluding hydrogens is 154 g/mol. The standard InChI is InChI=1S/C5H7NO5/c1-11-6-4(8)2-3(7)5(9)10/h2,7H,1H3,(H,6,8)(H,9,10). The first-order valence-corrected chi connectivity index (χ1v) is 2.55. The monoisotopic (exact) mass is 161 g/mol. The molecule has 0 aliphatic heterocycles. The molecule has 0 unspecified atom stereocenters. The second-order valence-corrected chi connectivity index (χ2v) is 1.51. The van der Waals surface area contributed by atoms with Crippen molar-refractivity contribution in [1.29, 1.82) is 0 Å². The SMILES string of the molecule is CONC(=O)C=C(O)C(=O)O. The van der Waals surface area contributed by atoms with Crippen LogP contribution in [0.5, 0.6) is 0 Å². The average molecular weight is 161 g/mol. The van der Waals surface area contributed by atoms with E-state index in [0.717, 1.165) is 0 Å². The summed E-state index contributed by atoms with van der Waals surface area (Å²) in [4.78, 5) is 24.5. The van der Waals surface area contributed by atoms with Crippen LogP contribution in [-0.4, -0.2) is 29.2 Å². The van der Waals surface area contributed by atoms with Gasteiger partial charge in [0.05, 0.1) is 13.2 Å². The van der Waals surface area contributed by atoms with E-state index in [9.17, 15) is 9.59 Å². The van der Waals surface area contributed by atoms with Gasteiger partial charge >= 0.3 is 5.97 Å². The van der Waals surface area contributed by atoms with Crippen molar-refractivity contribution in [2.75, 3.05) is 7.11 Å². The van der Waals surface area contributed by atoms with Gasteiger partial charge in [-0.1, -0.05) is 0 Å². The molecule has 0 saturated carbocycles. The number of hydrogen-bond donors (Lipinski definition) is 3. The van der Waals surface area contributed by atoms with Crippen molar-refractivity contribution < 1.29 is 24.6 Å². The van der Waals surface area contributed by atoms with Crippen LogP contribution in [0.3, 0.4) is 0 Å². The number of carboxylic acid groups (broad SMARTS) is 1. The Morgan fingerprint density at radius 1 is 1.45 bits per heavy atom. The van der Waals surface area contributed by atoms with Gasteiger partial charge in [-0.2, -0.15) is 0 Å². The quantitative estimate of drug-likeness (QED) is 0.286. The van der Waals surface area contributed by atoms with Gasteiger partial charge in [0.25, 0.3) is 5.91 Å². The van der Waals surface area contributed by atoms with Gasteiger partial charge < -0.3 is 10.2 Å². The van der Waals surface area contributed by atoms with E-state index in [-0.39, 0.29) is 0 Å². The van der Waals surface area contributed by atoms with Crippen molar-refractivity contribution in [2.45, 2.75) is 0 Å². The van der Waals surface area contributed by atoms with Crippen molar-refractivity contribution >= 4 is 11.9 Å². The summed E-state index contributed by atoms with van der Waals surface area (Å²) in [7, 11) is 1.18. The Morgan fingerprint density at radius 2 is 2.00 bits per heavy atom. The van der Waals surface area contributed by atoms with Crippen LogP contribution < -0.4 is 5.48 Å². The van der Waals surface area contributed by atoms with Gasteiger partial charge in [0.1, 0.15) is 0 Å². The molecule has 0 saturated heterocycles. The summed E-state index contributed by atoms with van der Waals surface area (Å²) in [5, 5.41) is 16.5. The number of nitrogens with one attached hydrogen (secondary N) is 1. The Kier molecular flexibility index (Phi) is 3.68. The largest absolute Gasteiger partial charge is 0.502 e. The summed E-state index contributed by atoms with van der Waals surface area (Å²) in [5.41, 5.74) is 1.79. The summed E-state index contributed by atoms with van der Waals surface area (Å²) < 4.78 is 0. The first kappa shape index (κ1) is 9.44. The third-order valence-corrected chi connectivity index (χ3v) is 0.690. The lowest BCUT2D eigenvalue weighted by Crippen LogP contribution is -2.20. The molecule has 11 heavy (non-hydrogen) atoms. The number of hydroxylamine groups is 1. The van der Waals surface area contributed by atoms with Crippen LogP contribution in [0.25, 0.3) is 0 Å². The van der Waals surface area contributed by atoms with Crippen LogP contribution in [0.15, 0.2) is 11.8 Å². The second-order valence-electron chi connectivity index (χ2n) is 1.51. The summed E-state index contributed by atoms with van der Waals surface area (Å²) in [6, 6.07) is 0. The number of amides is 1. The third kappa shape index (κ3) is 3.93. The maximum atomic E-state index is 10.4. The number of aliphatic hydroxyl groups excluding tert-OH is 1. The summed E-state index contributed by atoms with van der Waals surface area (Å²) in [5.74, 6) is -3.46. The van der Waals surface area contributed by atoms with E-state index in [1.807, 2.05) is 0 Å². The van der Waals surface area contributed by atoms with Crippen molar-refractivity contribution in [3.8, 4) is 0 Å². The molecule has 3 N–H and O–H groups in total. The number of carbonyl (C=O) groups is 2. The minimum absolute atomic E-state index is 0.492. The zero-order valence-corrected chi connectivity index (χ0v) is 5.70. The molecule has 62 valence electrons. The van der Waals surface area contributed by atoms with E-state index in [2.05, 4.69) is 4.84 Å². The predicted molar refractivity (Wildman–Crippen MR) is 33.5 cm³/mol. The van der Waals surface area contributed by atoms with E-state index in [1.54, 1.807) is 5.48 Å². The molecule has 0 aliphatic carbocycles. The molecular formula is C5H7NO5. The molecule has 0 aromatic rings. The summed E-state index contributed by atoms with van der Waals surface area (Å²) >= 11 is 0. The number of carboxylic acids is 1. The van der Waals surface area contributed by atoms with Crippen LogP contribution in [0, 0.1) is 0 Å². The molecule has 0 aromatic heterocycles. The normalized spacial score (nSPS) is 10.8. The highest BCUT2D eigenvalue weighted by Crippen LogP contribution is 1.86. The maximum Gasteiger partial charge on any atom is 0.371 e. The second kappa shape index (κ2) is 4.29. The van der Waals surface area contributed by atoms with Crippen LogP contribution >= 0.6 is 0 Å². The minimum Gasteiger partial charge on any atom is -0.502 e. The van der Waals surface area contributed by atoms with Crippen LogP contribution in [0.4, 0.5) is 0 Å². The van der Waals surface area contributed by atoms with E-state index >= 15 is 0 Å². The van der Waals surface area contributed by atoms with Gasteiger partial charge in [-0.25, -0.2) is 10.3 Å². The van der Waals surface area contributed by atoms with Gasteiger partial charge in [-0.05, 0) is 0 Å². The topological polar surface area (TPSA) is 95.9 Å². The van der Waals surface area contributed by atoms with Gasteiger partial charge in [0.15, 0.2) is 0 Å². The van der Waals surface area contributed by atoms with Gasteiger partial charge in [0.2, 0.25) is 5.76 Å². The third-order valence-electron chi connectivity index (χ3n) is 0.690. The smallest absolute Gasteiger partial charge is 0.371 e. The highest BCUT2D eigenvalue weighted by Gasteiger charge is 2.05. The molecule has 0 fully saturated rings. The molecule has 0 atom stereocenters. The number of carbonyl (C=O) groups excluding carboxylic acids is 1. The highest BCUT2D eigenvalue weighted by atomic mass is 16.6. The predicted octanol–water partition coefficient (Wildman–Crippen LogP) is -0.810. The molecule has 6 nitrogen and oxygen atoms in total. The minimum atomic E-state index is -1.57. The molecule has 0 aromatic carbocycles. The number of hydrogen-bond acceptors (Lipinski definition) is 4.